The smallest absolute Gasteiger partial charge is 0.230 e. The highest BCUT2D eigenvalue weighted by Crippen LogP contribution is 2.22. The standard InChI is InChI=1S/C20H26N6O2S/c1-2-26-19(25-9-11-28-12-10-25)23-24-20(26)29-14-18(27)21-8-7-15-13-22-17-6-4-3-5-16(15)17/h3-6,13,22H,2,7-12,14H2,1H3,(H,21,27). The number of carbonyl (C=O) groups excluding carboxylic acids is 1. The number of aromatic amines is 1. The fraction of sp³-hybridized carbons (Fsp3) is 0.450. The highest BCUT2D eigenvalue weighted by Gasteiger charge is 2.20. The lowest BCUT2D eigenvalue weighted by atomic mass is 10.1. The average molecular weight is 415 g/mol. The summed E-state index contributed by atoms with van der Waals surface area (Å²) < 4.78 is 7.47. The molecule has 2 aromatic heterocycles. The number of para-hydroxylation sites is 1. The van der Waals surface area contributed by atoms with E-state index in [9.17, 15) is 4.79 Å². The van der Waals surface area contributed by atoms with E-state index < -0.39 is 0 Å². The van der Waals surface area contributed by atoms with Crippen molar-refractivity contribution in [3.8, 4) is 0 Å². The lowest BCUT2D eigenvalue weighted by Gasteiger charge is -2.27. The van der Waals surface area contributed by atoms with Gasteiger partial charge in [-0.15, -0.1) is 10.2 Å². The number of anilines is 1. The Balaban J connectivity index is 1.28. The number of aromatic nitrogens is 4. The summed E-state index contributed by atoms with van der Waals surface area (Å²) in [5.41, 5.74) is 2.34. The predicted molar refractivity (Wildman–Crippen MR) is 114 cm³/mol. The number of amides is 1. The summed E-state index contributed by atoms with van der Waals surface area (Å²) in [6, 6.07) is 8.21. The maximum absolute atomic E-state index is 12.3. The van der Waals surface area contributed by atoms with Crippen molar-refractivity contribution in [2.24, 2.45) is 0 Å². The molecule has 1 aliphatic heterocycles. The lowest BCUT2D eigenvalue weighted by molar-refractivity contribution is -0.118. The molecule has 9 heteroatoms. The van der Waals surface area contributed by atoms with Gasteiger partial charge in [-0.05, 0) is 25.0 Å². The van der Waals surface area contributed by atoms with Crippen molar-refractivity contribution >= 4 is 34.5 Å². The van der Waals surface area contributed by atoms with Crippen LogP contribution in [0.2, 0.25) is 0 Å². The van der Waals surface area contributed by atoms with Crippen LogP contribution in [0.3, 0.4) is 0 Å². The lowest BCUT2D eigenvalue weighted by Crippen LogP contribution is -2.38. The molecular weight excluding hydrogens is 388 g/mol. The van der Waals surface area contributed by atoms with Gasteiger partial charge >= 0.3 is 0 Å². The van der Waals surface area contributed by atoms with E-state index in [0.717, 1.165) is 42.7 Å². The minimum absolute atomic E-state index is 0.00779. The average Bonchev–Trinajstić information content (AvgIpc) is 3.37. The number of thioether (sulfide) groups is 1. The van der Waals surface area contributed by atoms with Crippen molar-refractivity contribution in [2.75, 3.05) is 43.5 Å². The molecule has 3 aromatic rings. The third-order valence-electron chi connectivity index (χ3n) is 5.03. The maximum atomic E-state index is 12.3. The van der Waals surface area contributed by atoms with E-state index in [0.29, 0.717) is 25.5 Å². The SMILES string of the molecule is CCn1c(SCC(=O)NCCc2c[nH]c3ccccc23)nnc1N1CCOCC1. The zero-order chi connectivity index (χ0) is 20.1. The molecule has 1 aromatic carbocycles. The molecule has 8 nitrogen and oxygen atoms in total. The largest absolute Gasteiger partial charge is 0.378 e. The second-order valence-electron chi connectivity index (χ2n) is 6.87. The zero-order valence-electron chi connectivity index (χ0n) is 16.6. The molecule has 1 aliphatic rings. The number of morpholine rings is 1. The van der Waals surface area contributed by atoms with Crippen molar-refractivity contribution in [3.05, 3.63) is 36.0 Å². The van der Waals surface area contributed by atoms with Gasteiger partial charge in [-0.25, -0.2) is 0 Å². The molecule has 2 N–H and O–H groups in total. The highest BCUT2D eigenvalue weighted by molar-refractivity contribution is 7.99. The summed E-state index contributed by atoms with van der Waals surface area (Å²) in [5.74, 6) is 1.20. The third-order valence-corrected chi connectivity index (χ3v) is 6.00. The molecule has 3 heterocycles. The van der Waals surface area contributed by atoms with Gasteiger partial charge in [0.1, 0.15) is 0 Å². The Morgan fingerprint density at radius 2 is 2.10 bits per heavy atom. The van der Waals surface area contributed by atoms with Gasteiger partial charge in [0.15, 0.2) is 5.16 Å². The zero-order valence-corrected chi connectivity index (χ0v) is 17.4. The topological polar surface area (TPSA) is 88.1 Å². The first-order valence-corrected chi connectivity index (χ1v) is 10.9. The Morgan fingerprint density at radius 3 is 2.93 bits per heavy atom. The van der Waals surface area contributed by atoms with Crippen LogP contribution >= 0.6 is 11.8 Å². The molecule has 1 fully saturated rings. The van der Waals surface area contributed by atoms with Gasteiger partial charge in [0.05, 0.1) is 19.0 Å². The second-order valence-corrected chi connectivity index (χ2v) is 7.82. The molecule has 29 heavy (non-hydrogen) atoms. The number of nitrogens with zero attached hydrogens (tertiary/aromatic N) is 4. The van der Waals surface area contributed by atoms with Crippen LogP contribution in [0.4, 0.5) is 5.95 Å². The normalized spacial score (nSPS) is 14.4. The summed E-state index contributed by atoms with van der Waals surface area (Å²) in [5, 5.41) is 13.6. The molecule has 1 saturated heterocycles. The third kappa shape index (κ3) is 4.56. The van der Waals surface area contributed by atoms with Gasteiger partial charge in [0.2, 0.25) is 11.9 Å². The number of carbonyl (C=O) groups is 1. The van der Waals surface area contributed by atoms with E-state index in [2.05, 4.69) is 49.0 Å². The summed E-state index contributed by atoms with van der Waals surface area (Å²) in [6.45, 7) is 6.49. The molecule has 0 aliphatic carbocycles. The number of rotatable bonds is 8. The van der Waals surface area contributed by atoms with Gasteiger partial charge in [0.25, 0.3) is 0 Å². The van der Waals surface area contributed by atoms with E-state index in [4.69, 9.17) is 4.74 Å². The first-order chi connectivity index (χ1) is 14.3. The van der Waals surface area contributed by atoms with Gasteiger partial charge in [-0.3, -0.25) is 9.36 Å². The van der Waals surface area contributed by atoms with Gasteiger partial charge in [-0.1, -0.05) is 30.0 Å². The fourth-order valence-corrected chi connectivity index (χ4v) is 4.35. The summed E-state index contributed by atoms with van der Waals surface area (Å²) in [4.78, 5) is 17.7. The molecule has 0 bridgehead atoms. The monoisotopic (exact) mass is 414 g/mol. The van der Waals surface area contributed by atoms with E-state index in [1.54, 1.807) is 0 Å². The number of benzene rings is 1. The van der Waals surface area contributed by atoms with Crippen LogP contribution in [0, 0.1) is 0 Å². The van der Waals surface area contributed by atoms with Crippen LogP contribution < -0.4 is 10.2 Å². The summed E-state index contributed by atoms with van der Waals surface area (Å²) in [6.07, 6.45) is 2.81. The van der Waals surface area contributed by atoms with E-state index in [-0.39, 0.29) is 5.91 Å². The van der Waals surface area contributed by atoms with Crippen LogP contribution in [-0.2, 0) is 22.5 Å². The molecule has 0 atom stereocenters. The van der Waals surface area contributed by atoms with Crippen molar-refractivity contribution in [3.63, 3.8) is 0 Å². The van der Waals surface area contributed by atoms with Crippen LogP contribution in [-0.4, -0.2) is 64.3 Å². The minimum atomic E-state index is 0.00779. The van der Waals surface area contributed by atoms with Crippen LogP contribution in [0.25, 0.3) is 10.9 Å². The van der Waals surface area contributed by atoms with Gasteiger partial charge in [0, 0.05) is 43.3 Å². The van der Waals surface area contributed by atoms with Gasteiger partial charge < -0.3 is 19.9 Å². The van der Waals surface area contributed by atoms with Crippen LogP contribution in [0.15, 0.2) is 35.6 Å². The molecule has 0 spiro atoms. The molecule has 0 radical (unpaired) electrons. The van der Waals surface area contributed by atoms with E-state index in [1.165, 1.54) is 22.7 Å². The Labute approximate surface area is 174 Å². The van der Waals surface area contributed by atoms with E-state index >= 15 is 0 Å². The fourth-order valence-electron chi connectivity index (χ4n) is 3.52. The number of H-pyrrole nitrogens is 1. The predicted octanol–water partition coefficient (Wildman–Crippen LogP) is 2.07. The molecule has 0 saturated carbocycles. The number of hydrogen-bond acceptors (Lipinski definition) is 6. The first kappa shape index (κ1) is 19.8. The van der Waals surface area contributed by atoms with E-state index in [1.807, 2.05) is 18.3 Å². The second kappa shape index (κ2) is 9.32. The van der Waals surface area contributed by atoms with Crippen LogP contribution in [0.5, 0.6) is 0 Å². The molecule has 4 rings (SSSR count). The number of ether oxygens (including phenoxy) is 1. The Hall–Kier alpha value is -2.52. The van der Waals surface area contributed by atoms with Gasteiger partial charge in [-0.2, -0.15) is 0 Å². The number of nitrogens with one attached hydrogen (secondary N) is 2. The molecule has 0 unspecified atom stereocenters. The van der Waals surface area contributed by atoms with Crippen LogP contribution in [0.1, 0.15) is 12.5 Å². The summed E-state index contributed by atoms with van der Waals surface area (Å²) in [7, 11) is 0. The number of fused-ring (bicyclic) bond motifs is 1. The van der Waals surface area contributed by atoms with Crippen molar-refractivity contribution in [1.82, 2.24) is 25.1 Å². The Kier molecular flexibility index (Phi) is 6.36. The minimum Gasteiger partial charge on any atom is -0.378 e. The Morgan fingerprint density at radius 1 is 1.28 bits per heavy atom. The Bertz CT molecular complexity index is 963. The highest BCUT2D eigenvalue weighted by atomic mass is 32.2. The number of hydrogen-bond donors (Lipinski definition) is 2. The first-order valence-electron chi connectivity index (χ1n) is 9.96. The quantitative estimate of drug-likeness (QED) is 0.549. The summed E-state index contributed by atoms with van der Waals surface area (Å²) >= 11 is 1.43. The molecule has 1 amide bonds. The van der Waals surface area contributed by atoms with Crippen molar-refractivity contribution in [1.29, 1.82) is 0 Å². The molecule has 154 valence electrons. The molecular formula is C20H26N6O2S. The maximum Gasteiger partial charge on any atom is 0.230 e. The van der Waals surface area contributed by atoms with Crippen molar-refractivity contribution in [2.45, 2.75) is 25.0 Å². The van der Waals surface area contributed by atoms with Crippen molar-refractivity contribution < 1.29 is 9.53 Å².